The van der Waals surface area contributed by atoms with Crippen molar-refractivity contribution in [2.24, 2.45) is 0 Å². The van der Waals surface area contributed by atoms with Crippen LogP contribution in [0.3, 0.4) is 0 Å². The van der Waals surface area contributed by atoms with E-state index in [0.717, 1.165) is 11.3 Å². The van der Waals surface area contributed by atoms with Gasteiger partial charge in [0.2, 0.25) is 0 Å². The molecule has 5 heteroatoms. The normalized spacial score (nSPS) is 10.2. The molecular weight excluding hydrogens is 194 g/mol. The van der Waals surface area contributed by atoms with E-state index in [1.807, 2.05) is 12.1 Å². The molecule has 15 heavy (non-hydrogen) atoms. The van der Waals surface area contributed by atoms with Gasteiger partial charge in [-0.3, -0.25) is 0 Å². The number of furan rings is 1. The Bertz CT molecular complexity index is 440. The summed E-state index contributed by atoms with van der Waals surface area (Å²) in [5.41, 5.74) is 7.19. The van der Waals surface area contributed by atoms with E-state index in [9.17, 15) is 0 Å². The van der Waals surface area contributed by atoms with Crippen molar-refractivity contribution in [3.63, 3.8) is 0 Å². The van der Waals surface area contributed by atoms with Crippen LogP contribution in [0.2, 0.25) is 0 Å². The predicted octanol–water partition coefficient (Wildman–Crippen LogP) is 1.25. The Morgan fingerprint density at radius 2 is 2.40 bits per heavy atom. The smallest absolute Gasteiger partial charge is 0.256 e. The van der Waals surface area contributed by atoms with Crippen LogP contribution in [-0.2, 0) is 6.42 Å². The predicted molar refractivity (Wildman–Crippen MR) is 54.5 cm³/mol. The van der Waals surface area contributed by atoms with Crippen molar-refractivity contribution in [1.29, 1.82) is 0 Å². The van der Waals surface area contributed by atoms with Gasteiger partial charge in [0.05, 0.1) is 19.6 Å². The van der Waals surface area contributed by atoms with Crippen molar-refractivity contribution in [2.45, 2.75) is 6.42 Å². The summed E-state index contributed by atoms with van der Waals surface area (Å²) in [6, 6.07) is 3.71. The molecule has 0 atom stereocenters. The van der Waals surface area contributed by atoms with Crippen LogP contribution in [0, 0.1) is 0 Å². The number of nitrogens with zero attached hydrogens (tertiary/aromatic N) is 2. The molecule has 0 saturated heterocycles. The molecular formula is C10H11N3O2. The minimum absolute atomic E-state index is 0.346. The molecule has 2 rings (SSSR count). The van der Waals surface area contributed by atoms with Gasteiger partial charge in [-0.15, -0.1) is 5.10 Å². The molecule has 0 bridgehead atoms. The quantitative estimate of drug-likeness (QED) is 0.816. The fourth-order valence-corrected chi connectivity index (χ4v) is 1.30. The van der Waals surface area contributed by atoms with Crippen LogP contribution in [0.4, 0.5) is 5.69 Å². The van der Waals surface area contributed by atoms with Gasteiger partial charge in [0.25, 0.3) is 5.88 Å². The monoisotopic (exact) mass is 205 g/mol. The van der Waals surface area contributed by atoms with E-state index < -0.39 is 0 Å². The number of methoxy groups -OCH3 is 1. The van der Waals surface area contributed by atoms with Crippen molar-refractivity contribution in [3.8, 4) is 5.88 Å². The number of rotatable bonds is 3. The summed E-state index contributed by atoms with van der Waals surface area (Å²) in [7, 11) is 1.51. The van der Waals surface area contributed by atoms with Crippen molar-refractivity contribution in [1.82, 2.24) is 10.2 Å². The van der Waals surface area contributed by atoms with Gasteiger partial charge in [0.15, 0.2) is 0 Å². The summed E-state index contributed by atoms with van der Waals surface area (Å²) in [5.74, 6) is 1.18. The largest absolute Gasteiger partial charge is 0.478 e. The number of nitrogen functional groups attached to an aromatic ring is 1. The molecule has 0 aliphatic heterocycles. The summed E-state index contributed by atoms with van der Waals surface area (Å²) in [4.78, 5) is 0. The third-order valence-corrected chi connectivity index (χ3v) is 2.08. The van der Waals surface area contributed by atoms with Gasteiger partial charge in [0, 0.05) is 12.0 Å². The molecule has 0 unspecified atom stereocenters. The maximum atomic E-state index is 5.84. The Labute approximate surface area is 86.9 Å². The van der Waals surface area contributed by atoms with Crippen LogP contribution in [-0.4, -0.2) is 17.3 Å². The van der Waals surface area contributed by atoms with Crippen LogP contribution in [0.5, 0.6) is 5.88 Å². The molecule has 2 aromatic heterocycles. The average Bonchev–Trinajstić information content (AvgIpc) is 2.74. The first-order valence-electron chi connectivity index (χ1n) is 4.47. The topological polar surface area (TPSA) is 74.2 Å². The lowest BCUT2D eigenvalue weighted by Crippen LogP contribution is -2.02. The van der Waals surface area contributed by atoms with E-state index in [0.29, 0.717) is 18.0 Å². The third-order valence-electron chi connectivity index (χ3n) is 2.08. The van der Waals surface area contributed by atoms with Gasteiger partial charge in [-0.05, 0) is 12.1 Å². The Kier molecular flexibility index (Phi) is 2.53. The first kappa shape index (κ1) is 9.51. The van der Waals surface area contributed by atoms with Gasteiger partial charge in [-0.1, -0.05) is 0 Å². The van der Waals surface area contributed by atoms with E-state index >= 15 is 0 Å². The second-order valence-electron chi connectivity index (χ2n) is 3.05. The van der Waals surface area contributed by atoms with E-state index in [-0.39, 0.29) is 0 Å². The molecule has 2 N–H and O–H groups in total. The number of hydrogen-bond acceptors (Lipinski definition) is 5. The highest BCUT2D eigenvalue weighted by molar-refractivity contribution is 5.54. The molecule has 2 heterocycles. The Hall–Kier alpha value is -2.04. The second-order valence-corrected chi connectivity index (χ2v) is 3.05. The van der Waals surface area contributed by atoms with Crippen molar-refractivity contribution < 1.29 is 9.15 Å². The number of nitrogens with two attached hydrogens (primary N) is 1. The first-order valence-corrected chi connectivity index (χ1v) is 4.47. The molecule has 0 amide bonds. The Morgan fingerprint density at radius 3 is 3.07 bits per heavy atom. The Morgan fingerprint density at radius 1 is 1.53 bits per heavy atom. The summed E-state index contributed by atoms with van der Waals surface area (Å²) < 4.78 is 10.2. The molecule has 0 radical (unpaired) electrons. The van der Waals surface area contributed by atoms with E-state index in [4.69, 9.17) is 14.9 Å². The van der Waals surface area contributed by atoms with E-state index in [1.165, 1.54) is 7.11 Å². The number of anilines is 1. The molecule has 78 valence electrons. The highest BCUT2D eigenvalue weighted by Crippen LogP contribution is 2.22. The highest BCUT2D eigenvalue weighted by Gasteiger charge is 2.09. The average molecular weight is 205 g/mol. The van der Waals surface area contributed by atoms with Crippen LogP contribution in [0.1, 0.15) is 11.3 Å². The van der Waals surface area contributed by atoms with Crippen LogP contribution in [0.15, 0.2) is 29.0 Å². The molecule has 0 aliphatic rings. The molecule has 0 aromatic carbocycles. The zero-order valence-corrected chi connectivity index (χ0v) is 8.30. The molecule has 5 nitrogen and oxygen atoms in total. The highest BCUT2D eigenvalue weighted by atomic mass is 16.5. The van der Waals surface area contributed by atoms with Crippen molar-refractivity contribution in [2.75, 3.05) is 12.8 Å². The molecule has 2 aromatic rings. The summed E-state index contributed by atoms with van der Waals surface area (Å²) in [5, 5.41) is 7.56. The zero-order valence-electron chi connectivity index (χ0n) is 8.30. The second kappa shape index (κ2) is 4.00. The SMILES string of the molecule is COc1nncc(Cc2ccco2)c1N. The lowest BCUT2D eigenvalue weighted by atomic mass is 10.1. The number of ether oxygens (including phenoxy) is 1. The van der Waals surface area contributed by atoms with E-state index in [1.54, 1.807) is 12.5 Å². The maximum Gasteiger partial charge on any atom is 0.256 e. The van der Waals surface area contributed by atoms with Crippen molar-refractivity contribution >= 4 is 5.69 Å². The number of hydrogen-bond donors (Lipinski definition) is 1. The van der Waals surface area contributed by atoms with Gasteiger partial charge in [0.1, 0.15) is 11.4 Å². The van der Waals surface area contributed by atoms with Crippen LogP contribution >= 0.6 is 0 Å². The van der Waals surface area contributed by atoms with Crippen LogP contribution in [0.25, 0.3) is 0 Å². The fraction of sp³-hybridized carbons (Fsp3) is 0.200. The fourth-order valence-electron chi connectivity index (χ4n) is 1.30. The van der Waals surface area contributed by atoms with Gasteiger partial charge >= 0.3 is 0 Å². The molecule has 0 fully saturated rings. The van der Waals surface area contributed by atoms with E-state index in [2.05, 4.69) is 10.2 Å². The standard InChI is InChI=1S/C10H11N3O2/c1-14-10-9(11)7(6-12-13-10)5-8-3-2-4-15-8/h2-4,6H,5H2,1H3,(H2,11,12). The van der Waals surface area contributed by atoms with Crippen molar-refractivity contribution in [3.05, 3.63) is 35.9 Å². The minimum Gasteiger partial charge on any atom is -0.478 e. The minimum atomic E-state index is 0.346. The van der Waals surface area contributed by atoms with Crippen LogP contribution < -0.4 is 10.5 Å². The molecule has 0 saturated carbocycles. The summed E-state index contributed by atoms with van der Waals surface area (Å²) in [6.07, 6.45) is 3.82. The first-order chi connectivity index (χ1) is 7.31. The Balaban J connectivity index is 2.29. The lowest BCUT2D eigenvalue weighted by molar-refractivity contribution is 0.393. The number of aromatic nitrogens is 2. The van der Waals surface area contributed by atoms with Gasteiger partial charge in [-0.2, -0.15) is 5.10 Å². The van der Waals surface area contributed by atoms with Gasteiger partial charge < -0.3 is 14.9 Å². The molecule has 0 aliphatic carbocycles. The van der Waals surface area contributed by atoms with Gasteiger partial charge in [-0.25, -0.2) is 0 Å². The third kappa shape index (κ3) is 1.90. The lowest BCUT2D eigenvalue weighted by Gasteiger charge is -2.06. The summed E-state index contributed by atoms with van der Waals surface area (Å²) >= 11 is 0. The molecule has 0 spiro atoms. The zero-order chi connectivity index (χ0) is 10.7. The summed E-state index contributed by atoms with van der Waals surface area (Å²) in [6.45, 7) is 0. The maximum absolute atomic E-state index is 5.84.